The maximum absolute atomic E-state index is 12.0. The van der Waals surface area contributed by atoms with Crippen molar-refractivity contribution in [2.45, 2.75) is 0 Å². The van der Waals surface area contributed by atoms with Gasteiger partial charge in [-0.05, 0) is 28.1 Å². The SMILES string of the molecule is COc1c(Br)c(C(=O)Nc2ccccc2)nn1C. The monoisotopic (exact) mass is 309 g/mol. The summed E-state index contributed by atoms with van der Waals surface area (Å²) in [7, 11) is 3.24. The minimum absolute atomic E-state index is 0.285. The van der Waals surface area contributed by atoms with E-state index in [0.29, 0.717) is 16.0 Å². The number of amides is 1. The van der Waals surface area contributed by atoms with Gasteiger partial charge in [0.1, 0.15) is 4.47 Å². The highest BCUT2D eigenvalue weighted by molar-refractivity contribution is 9.10. The van der Waals surface area contributed by atoms with Gasteiger partial charge >= 0.3 is 0 Å². The molecule has 0 saturated carbocycles. The molecule has 2 rings (SSSR count). The molecule has 1 heterocycles. The zero-order valence-electron chi connectivity index (χ0n) is 9.98. The fourth-order valence-electron chi connectivity index (χ4n) is 1.56. The Kier molecular flexibility index (Phi) is 3.66. The summed E-state index contributed by atoms with van der Waals surface area (Å²) in [5.41, 5.74) is 1.01. The third kappa shape index (κ3) is 2.38. The van der Waals surface area contributed by atoms with Crippen LogP contribution in [0, 0.1) is 0 Å². The van der Waals surface area contributed by atoms with Crippen LogP contribution in [0.1, 0.15) is 10.5 Å². The number of ether oxygens (including phenoxy) is 1. The van der Waals surface area contributed by atoms with Gasteiger partial charge in [-0.15, -0.1) is 0 Å². The summed E-state index contributed by atoms with van der Waals surface area (Å²) in [6.45, 7) is 0. The Balaban J connectivity index is 2.25. The molecule has 0 spiro atoms. The van der Waals surface area contributed by atoms with Crippen molar-refractivity contribution < 1.29 is 9.53 Å². The molecule has 2 aromatic rings. The molecule has 0 radical (unpaired) electrons. The molecule has 0 aliphatic heterocycles. The molecule has 1 aromatic carbocycles. The Morgan fingerprint density at radius 3 is 2.61 bits per heavy atom. The number of benzene rings is 1. The van der Waals surface area contributed by atoms with Gasteiger partial charge in [-0.1, -0.05) is 18.2 Å². The maximum atomic E-state index is 12.0. The average Bonchev–Trinajstić information content (AvgIpc) is 2.65. The lowest BCUT2D eigenvalue weighted by atomic mass is 10.3. The molecule has 0 bridgehead atoms. The summed E-state index contributed by atoms with van der Waals surface area (Å²) in [6.07, 6.45) is 0. The lowest BCUT2D eigenvalue weighted by Crippen LogP contribution is -2.13. The predicted octanol–water partition coefficient (Wildman–Crippen LogP) is 2.44. The van der Waals surface area contributed by atoms with Crippen molar-refractivity contribution in [2.24, 2.45) is 7.05 Å². The summed E-state index contributed by atoms with van der Waals surface area (Å²) in [6, 6.07) is 9.21. The Morgan fingerprint density at radius 2 is 2.06 bits per heavy atom. The molecule has 5 nitrogen and oxygen atoms in total. The van der Waals surface area contributed by atoms with Gasteiger partial charge in [0.2, 0.25) is 5.88 Å². The van der Waals surface area contributed by atoms with E-state index in [-0.39, 0.29) is 5.91 Å². The quantitative estimate of drug-likeness (QED) is 0.947. The normalized spacial score (nSPS) is 10.2. The van der Waals surface area contributed by atoms with Crippen LogP contribution in [0.5, 0.6) is 5.88 Å². The number of nitrogens with one attached hydrogen (secondary N) is 1. The molecule has 1 amide bonds. The Morgan fingerprint density at radius 1 is 1.39 bits per heavy atom. The van der Waals surface area contributed by atoms with Crippen molar-refractivity contribution in [1.82, 2.24) is 9.78 Å². The van der Waals surface area contributed by atoms with Crippen LogP contribution in [-0.2, 0) is 7.05 Å². The van der Waals surface area contributed by atoms with E-state index in [0.717, 1.165) is 5.69 Å². The summed E-state index contributed by atoms with van der Waals surface area (Å²) < 4.78 is 7.18. The zero-order chi connectivity index (χ0) is 13.1. The van der Waals surface area contributed by atoms with E-state index < -0.39 is 0 Å². The molecule has 0 fully saturated rings. The zero-order valence-corrected chi connectivity index (χ0v) is 11.6. The number of carbonyl (C=O) groups is 1. The highest BCUT2D eigenvalue weighted by Gasteiger charge is 2.20. The highest BCUT2D eigenvalue weighted by atomic mass is 79.9. The van der Waals surface area contributed by atoms with Gasteiger partial charge in [0.05, 0.1) is 7.11 Å². The Hall–Kier alpha value is -1.82. The van der Waals surface area contributed by atoms with Gasteiger partial charge in [0.15, 0.2) is 5.69 Å². The van der Waals surface area contributed by atoms with Gasteiger partial charge in [-0.2, -0.15) is 5.10 Å². The number of nitrogens with zero attached hydrogens (tertiary/aromatic N) is 2. The van der Waals surface area contributed by atoms with Crippen LogP contribution in [0.15, 0.2) is 34.8 Å². The lowest BCUT2D eigenvalue weighted by Gasteiger charge is -2.02. The van der Waals surface area contributed by atoms with E-state index in [1.54, 1.807) is 7.05 Å². The van der Waals surface area contributed by atoms with Crippen molar-refractivity contribution >= 4 is 27.5 Å². The number of rotatable bonds is 3. The fourth-order valence-corrected chi connectivity index (χ4v) is 2.24. The van der Waals surface area contributed by atoms with E-state index in [4.69, 9.17) is 4.74 Å². The molecule has 1 N–H and O–H groups in total. The van der Waals surface area contributed by atoms with E-state index in [1.165, 1.54) is 11.8 Å². The molecular weight excluding hydrogens is 298 g/mol. The van der Waals surface area contributed by atoms with Crippen LogP contribution >= 0.6 is 15.9 Å². The molecule has 18 heavy (non-hydrogen) atoms. The van der Waals surface area contributed by atoms with Gasteiger partial charge in [0.25, 0.3) is 5.91 Å². The Labute approximate surface area is 113 Å². The van der Waals surface area contributed by atoms with Crippen molar-refractivity contribution in [3.8, 4) is 5.88 Å². The summed E-state index contributed by atoms with van der Waals surface area (Å²) in [4.78, 5) is 12.0. The second kappa shape index (κ2) is 5.22. The molecule has 6 heteroatoms. The predicted molar refractivity (Wildman–Crippen MR) is 71.9 cm³/mol. The van der Waals surface area contributed by atoms with Crippen molar-refractivity contribution in [3.63, 3.8) is 0 Å². The third-order valence-electron chi connectivity index (χ3n) is 2.38. The largest absolute Gasteiger partial charge is 0.480 e. The number of halogens is 1. The van der Waals surface area contributed by atoms with Crippen LogP contribution in [0.3, 0.4) is 0 Å². The maximum Gasteiger partial charge on any atom is 0.277 e. The Bertz CT molecular complexity index is 566. The average molecular weight is 310 g/mol. The number of para-hydroxylation sites is 1. The van der Waals surface area contributed by atoms with E-state index >= 15 is 0 Å². The number of anilines is 1. The fraction of sp³-hybridized carbons (Fsp3) is 0.167. The highest BCUT2D eigenvalue weighted by Crippen LogP contribution is 2.28. The number of hydrogen-bond acceptors (Lipinski definition) is 3. The van der Waals surface area contributed by atoms with Crippen LogP contribution in [0.2, 0.25) is 0 Å². The van der Waals surface area contributed by atoms with Gasteiger partial charge < -0.3 is 10.1 Å². The first-order valence-electron chi connectivity index (χ1n) is 5.26. The van der Waals surface area contributed by atoms with Gasteiger partial charge in [0, 0.05) is 12.7 Å². The number of aryl methyl sites for hydroxylation is 1. The summed E-state index contributed by atoms with van der Waals surface area (Å²) in [5.74, 6) is 0.222. The van der Waals surface area contributed by atoms with Crippen molar-refractivity contribution in [2.75, 3.05) is 12.4 Å². The topological polar surface area (TPSA) is 56.1 Å². The summed E-state index contributed by atoms with van der Waals surface area (Å²) in [5, 5.41) is 6.87. The molecular formula is C12H12BrN3O2. The minimum atomic E-state index is -0.285. The molecule has 0 saturated heterocycles. The lowest BCUT2D eigenvalue weighted by molar-refractivity contribution is 0.102. The minimum Gasteiger partial charge on any atom is -0.480 e. The van der Waals surface area contributed by atoms with Crippen molar-refractivity contribution in [3.05, 3.63) is 40.5 Å². The van der Waals surface area contributed by atoms with E-state index in [1.807, 2.05) is 30.3 Å². The molecule has 0 atom stereocenters. The standard InChI is InChI=1S/C12H12BrN3O2/c1-16-12(18-2)9(13)10(15-16)11(17)14-8-6-4-3-5-7-8/h3-7H,1-2H3,(H,14,17). The van der Waals surface area contributed by atoms with Crippen LogP contribution in [0.4, 0.5) is 5.69 Å². The van der Waals surface area contributed by atoms with Crippen molar-refractivity contribution in [1.29, 1.82) is 0 Å². The number of aromatic nitrogens is 2. The second-order valence-corrected chi connectivity index (χ2v) is 4.41. The van der Waals surface area contributed by atoms with Crippen LogP contribution in [0.25, 0.3) is 0 Å². The second-order valence-electron chi connectivity index (χ2n) is 3.62. The number of methoxy groups -OCH3 is 1. The van der Waals surface area contributed by atoms with Crippen LogP contribution in [-0.4, -0.2) is 22.8 Å². The first kappa shape index (κ1) is 12.6. The first-order valence-corrected chi connectivity index (χ1v) is 6.05. The van der Waals surface area contributed by atoms with Crippen LogP contribution < -0.4 is 10.1 Å². The molecule has 94 valence electrons. The molecule has 0 aliphatic rings. The van der Waals surface area contributed by atoms with Gasteiger partial charge in [-0.3, -0.25) is 4.79 Å². The molecule has 1 aromatic heterocycles. The third-order valence-corrected chi connectivity index (χ3v) is 3.09. The van der Waals surface area contributed by atoms with Gasteiger partial charge in [-0.25, -0.2) is 4.68 Å². The van der Waals surface area contributed by atoms with E-state index in [2.05, 4.69) is 26.3 Å². The van der Waals surface area contributed by atoms with E-state index in [9.17, 15) is 4.79 Å². The molecule has 0 aliphatic carbocycles. The number of carbonyl (C=O) groups excluding carboxylic acids is 1. The molecule has 0 unspecified atom stereocenters. The first-order chi connectivity index (χ1) is 8.63. The number of hydrogen-bond donors (Lipinski definition) is 1. The smallest absolute Gasteiger partial charge is 0.277 e. The summed E-state index contributed by atoms with van der Waals surface area (Å²) >= 11 is 3.31.